The maximum absolute atomic E-state index is 12.5. The zero-order chi connectivity index (χ0) is 17.2. The Morgan fingerprint density at radius 2 is 2.16 bits per heavy atom. The topological polar surface area (TPSA) is 63.2 Å². The van der Waals surface area contributed by atoms with Gasteiger partial charge < -0.3 is 15.4 Å². The summed E-state index contributed by atoms with van der Waals surface area (Å²) in [4.78, 5) is 16.7. The van der Waals surface area contributed by atoms with Gasteiger partial charge >= 0.3 is 6.03 Å². The van der Waals surface area contributed by atoms with Crippen LogP contribution in [0.2, 0.25) is 0 Å². The van der Waals surface area contributed by atoms with Gasteiger partial charge in [-0.2, -0.15) is 0 Å². The summed E-state index contributed by atoms with van der Waals surface area (Å²) in [7, 11) is 0. The highest BCUT2D eigenvalue weighted by Crippen LogP contribution is 2.32. The Balaban J connectivity index is 1.54. The predicted molar refractivity (Wildman–Crippen MR) is 97.9 cm³/mol. The molecule has 1 aromatic heterocycles. The number of fused-ring (bicyclic) bond motifs is 2. The minimum absolute atomic E-state index is 0.0553. The van der Waals surface area contributed by atoms with Crippen LogP contribution < -0.4 is 15.4 Å². The molecule has 0 saturated carbocycles. The van der Waals surface area contributed by atoms with Gasteiger partial charge in [-0.05, 0) is 25.1 Å². The van der Waals surface area contributed by atoms with Crippen molar-refractivity contribution in [1.82, 2.24) is 10.3 Å². The van der Waals surface area contributed by atoms with Gasteiger partial charge in [-0.1, -0.05) is 29.8 Å². The molecule has 5 nitrogen and oxygen atoms in total. The van der Waals surface area contributed by atoms with Gasteiger partial charge in [0, 0.05) is 35.2 Å². The summed E-state index contributed by atoms with van der Waals surface area (Å²) in [6.45, 7) is 2.64. The number of aromatic nitrogens is 1. The number of nitrogens with zero attached hydrogens (tertiary/aromatic N) is 1. The van der Waals surface area contributed by atoms with E-state index in [1.807, 2.05) is 43.3 Å². The summed E-state index contributed by atoms with van der Waals surface area (Å²) in [6.07, 6.45) is 4.27. The molecule has 1 aliphatic rings. The number of carbonyl (C=O) groups excluding carboxylic acids is 1. The fraction of sp³-hybridized carbons (Fsp3) is 0.200. The molecule has 2 N–H and O–H groups in total. The maximum Gasteiger partial charge on any atom is 0.319 e. The number of hydrogen-bond donors (Lipinski definition) is 2. The van der Waals surface area contributed by atoms with Gasteiger partial charge in [-0.3, -0.25) is 4.98 Å². The number of urea groups is 1. The second-order valence-electron chi connectivity index (χ2n) is 6.23. The molecule has 1 atom stereocenters. The first-order valence-electron chi connectivity index (χ1n) is 8.34. The second kappa shape index (κ2) is 6.43. The van der Waals surface area contributed by atoms with E-state index in [1.165, 1.54) is 0 Å². The molecule has 3 aromatic rings. The molecular weight excluding hydrogens is 314 g/mol. The quantitative estimate of drug-likeness (QED) is 0.739. The normalized spacial score (nSPS) is 16.0. The molecule has 2 amide bonds. The summed E-state index contributed by atoms with van der Waals surface area (Å²) in [5.41, 5.74) is 2.95. The highest BCUT2D eigenvalue weighted by Gasteiger charge is 2.23. The van der Waals surface area contributed by atoms with Gasteiger partial charge in [0.1, 0.15) is 5.75 Å². The third-order valence-corrected chi connectivity index (χ3v) is 4.44. The van der Waals surface area contributed by atoms with E-state index in [1.54, 1.807) is 12.4 Å². The molecule has 0 radical (unpaired) electrons. The first-order valence-corrected chi connectivity index (χ1v) is 8.34. The van der Waals surface area contributed by atoms with Crippen LogP contribution in [0.3, 0.4) is 0 Å². The number of carbonyl (C=O) groups is 1. The summed E-state index contributed by atoms with van der Waals surface area (Å²) in [5.74, 6) is 0.846. The molecule has 5 heteroatoms. The lowest BCUT2D eigenvalue weighted by atomic mass is 9.99. The number of anilines is 1. The average molecular weight is 333 g/mol. The molecule has 0 aliphatic carbocycles. The van der Waals surface area contributed by atoms with E-state index in [-0.39, 0.29) is 12.1 Å². The number of aryl methyl sites for hydroxylation is 1. The minimum atomic E-state index is -0.219. The van der Waals surface area contributed by atoms with Gasteiger partial charge in [0.25, 0.3) is 0 Å². The lowest BCUT2D eigenvalue weighted by Gasteiger charge is -2.27. The number of rotatable bonds is 2. The minimum Gasteiger partial charge on any atom is -0.493 e. The molecule has 4 rings (SSSR count). The molecule has 0 saturated heterocycles. The van der Waals surface area contributed by atoms with E-state index < -0.39 is 0 Å². The van der Waals surface area contributed by atoms with Crippen LogP contribution in [0.15, 0.2) is 54.9 Å². The van der Waals surface area contributed by atoms with Gasteiger partial charge in [-0.25, -0.2) is 4.79 Å². The van der Waals surface area contributed by atoms with E-state index in [0.717, 1.165) is 39.8 Å². The molecule has 0 spiro atoms. The Hall–Kier alpha value is -3.08. The van der Waals surface area contributed by atoms with Crippen molar-refractivity contribution in [1.29, 1.82) is 0 Å². The summed E-state index contributed by atoms with van der Waals surface area (Å²) in [6, 6.07) is 13.5. The van der Waals surface area contributed by atoms with Crippen molar-refractivity contribution in [2.24, 2.45) is 0 Å². The highest BCUT2D eigenvalue weighted by molar-refractivity contribution is 6.01. The largest absolute Gasteiger partial charge is 0.493 e. The van der Waals surface area contributed by atoms with Crippen LogP contribution in [0.4, 0.5) is 10.5 Å². The van der Waals surface area contributed by atoms with Crippen molar-refractivity contribution in [3.8, 4) is 5.75 Å². The van der Waals surface area contributed by atoms with Gasteiger partial charge in [0.2, 0.25) is 0 Å². The van der Waals surface area contributed by atoms with Crippen LogP contribution in [0.25, 0.3) is 10.8 Å². The summed E-state index contributed by atoms with van der Waals surface area (Å²) in [5, 5.41) is 7.99. The predicted octanol–water partition coefficient (Wildman–Crippen LogP) is 4.19. The molecule has 25 heavy (non-hydrogen) atoms. The van der Waals surface area contributed by atoms with Crippen LogP contribution in [-0.2, 0) is 0 Å². The zero-order valence-electron chi connectivity index (χ0n) is 14.0. The molecule has 2 heterocycles. The standard InChI is InChI=1S/C20H19N3O2/c1-13-5-6-19-16(11-13)18(8-10-25-19)23-20(24)22-17-4-2-3-14-12-21-9-7-15(14)17/h2-7,9,11-12,18H,8,10H2,1H3,(H2,22,23,24). The van der Waals surface area contributed by atoms with Gasteiger partial charge in [0.05, 0.1) is 18.3 Å². The van der Waals surface area contributed by atoms with E-state index >= 15 is 0 Å². The van der Waals surface area contributed by atoms with Gasteiger partial charge in [0.15, 0.2) is 0 Å². The molecule has 0 fully saturated rings. The Kier molecular flexibility index (Phi) is 3.98. The van der Waals surface area contributed by atoms with E-state index in [9.17, 15) is 4.79 Å². The number of pyridine rings is 1. The summed E-state index contributed by atoms with van der Waals surface area (Å²) < 4.78 is 5.69. The van der Waals surface area contributed by atoms with E-state index in [0.29, 0.717) is 6.61 Å². The fourth-order valence-electron chi connectivity index (χ4n) is 3.21. The average Bonchev–Trinajstić information content (AvgIpc) is 2.62. The maximum atomic E-state index is 12.5. The molecule has 2 aromatic carbocycles. The molecule has 0 bridgehead atoms. The van der Waals surface area contributed by atoms with Crippen molar-refractivity contribution in [2.45, 2.75) is 19.4 Å². The van der Waals surface area contributed by atoms with Crippen molar-refractivity contribution in [2.75, 3.05) is 11.9 Å². The van der Waals surface area contributed by atoms with Crippen molar-refractivity contribution in [3.63, 3.8) is 0 Å². The fourth-order valence-corrected chi connectivity index (χ4v) is 3.21. The van der Waals surface area contributed by atoms with Crippen LogP contribution >= 0.6 is 0 Å². The lowest BCUT2D eigenvalue weighted by Crippen LogP contribution is -2.35. The Morgan fingerprint density at radius 3 is 3.08 bits per heavy atom. The number of benzene rings is 2. The summed E-state index contributed by atoms with van der Waals surface area (Å²) >= 11 is 0. The Labute approximate surface area is 146 Å². The molecular formula is C20H19N3O2. The molecule has 126 valence electrons. The van der Waals surface area contributed by atoms with Crippen molar-refractivity contribution < 1.29 is 9.53 Å². The van der Waals surface area contributed by atoms with Crippen LogP contribution in [-0.4, -0.2) is 17.6 Å². The lowest BCUT2D eigenvalue weighted by molar-refractivity contribution is 0.232. The van der Waals surface area contributed by atoms with Crippen molar-refractivity contribution >= 4 is 22.5 Å². The van der Waals surface area contributed by atoms with Crippen LogP contribution in [0.5, 0.6) is 5.75 Å². The number of amides is 2. The third-order valence-electron chi connectivity index (χ3n) is 4.44. The first kappa shape index (κ1) is 15.4. The van der Waals surface area contributed by atoms with E-state index in [4.69, 9.17) is 4.74 Å². The molecule has 1 unspecified atom stereocenters. The smallest absolute Gasteiger partial charge is 0.319 e. The monoisotopic (exact) mass is 333 g/mol. The zero-order valence-corrected chi connectivity index (χ0v) is 14.0. The van der Waals surface area contributed by atoms with Crippen LogP contribution in [0, 0.1) is 6.92 Å². The number of ether oxygens (including phenoxy) is 1. The Morgan fingerprint density at radius 1 is 1.24 bits per heavy atom. The first-order chi connectivity index (χ1) is 12.2. The number of nitrogens with one attached hydrogen (secondary N) is 2. The van der Waals surface area contributed by atoms with Crippen molar-refractivity contribution in [3.05, 3.63) is 66.0 Å². The molecule has 1 aliphatic heterocycles. The van der Waals surface area contributed by atoms with Gasteiger partial charge in [-0.15, -0.1) is 0 Å². The third kappa shape index (κ3) is 3.13. The van der Waals surface area contributed by atoms with E-state index in [2.05, 4.69) is 21.7 Å². The second-order valence-corrected chi connectivity index (χ2v) is 6.23. The highest BCUT2D eigenvalue weighted by atomic mass is 16.5. The Bertz CT molecular complexity index is 934. The SMILES string of the molecule is Cc1ccc2c(c1)C(NC(=O)Nc1cccc3cnccc13)CCO2. The van der Waals surface area contributed by atoms with Crippen LogP contribution in [0.1, 0.15) is 23.6 Å². The number of hydrogen-bond acceptors (Lipinski definition) is 3.